The maximum absolute atomic E-state index is 4.62. The lowest BCUT2D eigenvalue weighted by atomic mass is 10.00. The third kappa shape index (κ3) is 2.83. The van der Waals surface area contributed by atoms with E-state index in [-0.39, 0.29) is 0 Å². The molecule has 4 heteroatoms. The van der Waals surface area contributed by atoms with Crippen molar-refractivity contribution < 1.29 is 0 Å². The van der Waals surface area contributed by atoms with E-state index >= 15 is 0 Å². The number of anilines is 1. The number of nitrogens with zero attached hydrogens (tertiary/aromatic N) is 2. The van der Waals surface area contributed by atoms with Crippen molar-refractivity contribution >= 4 is 17.0 Å². The van der Waals surface area contributed by atoms with E-state index in [0.29, 0.717) is 0 Å². The molecule has 2 aliphatic rings. The normalized spacial score (nSPS) is 17.9. The summed E-state index contributed by atoms with van der Waals surface area (Å²) in [7, 11) is 2.18. The number of benzene rings is 1. The highest BCUT2D eigenvalue weighted by atomic mass is 32.1. The van der Waals surface area contributed by atoms with Gasteiger partial charge in [0, 0.05) is 48.5 Å². The second-order valence-corrected chi connectivity index (χ2v) is 7.27. The average Bonchev–Trinajstić information content (AvgIpc) is 3.21. The van der Waals surface area contributed by atoms with Gasteiger partial charge in [-0.1, -0.05) is 0 Å². The van der Waals surface area contributed by atoms with Crippen molar-refractivity contribution in [3.05, 3.63) is 34.8 Å². The van der Waals surface area contributed by atoms with Gasteiger partial charge in [-0.05, 0) is 49.4 Å². The number of aromatic nitrogens is 1. The minimum Gasteiger partial charge on any atom is -0.374 e. The highest BCUT2D eigenvalue weighted by Gasteiger charge is 2.20. The van der Waals surface area contributed by atoms with Gasteiger partial charge in [0.25, 0.3) is 0 Å². The van der Waals surface area contributed by atoms with Gasteiger partial charge in [-0.25, -0.2) is 4.98 Å². The van der Waals surface area contributed by atoms with Crippen LogP contribution in [0.2, 0.25) is 0 Å². The Morgan fingerprint density at radius 1 is 1.38 bits per heavy atom. The third-order valence-electron chi connectivity index (χ3n) is 4.37. The lowest BCUT2D eigenvalue weighted by molar-refractivity contribution is 0.694. The fourth-order valence-corrected chi connectivity index (χ4v) is 3.83. The molecule has 2 aromatic rings. The fourth-order valence-electron chi connectivity index (χ4n) is 2.97. The molecule has 1 fully saturated rings. The largest absolute Gasteiger partial charge is 0.374 e. The van der Waals surface area contributed by atoms with E-state index in [0.717, 1.165) is 17.6 Å². The summed E-state index contributed by atoms with van der Waals surface area (Å²) in [4.78, 5) is 8.31. The van der Waals surface area contributed by atoms with Crippen LogP contribution in [0.5, 0.6) is 0 Å². The Morgan fingerprint density at radius 3 is 3.14 bits per heavy atom. The zero-order valence-corrected chi connectivity index (χ0v) is 13.2. The zero-order valence-electron chi connectivity index (χ0n) is 12.4. The Labute approximate surface area is 130 Å². The number of hydrogen-bond acceptors (Lipinski definition) is 4. The van der Waals surface area contributed by atoms with Crippen molar-refractivity contribution in [1.29, 1.82) is 0 Å². The van der Waals surface area contributed by atoms with Crippen molar-refractivity contribution in [3.8, 4) is 10.6 Å². The van der Waals surface area contributed by atoms with E-state index in [9.17, 15) is 0 Å². The number of fused-ring (bicyclic) bond motifs is 1. The van der Waals surface area contributed by atoms with Crippen LogP contribution in [-0.4, -0.2) is 24.6 Å². The summed E-state index contributed by atoms with van der Waals surface area (Å²) >= 11 is 1.82. The molecule has 1 aliphatic heterocycles. The molecular formula is C17H21N3S. The summed E-state index contributed by atoms with van der Waals surface area (Å²) in [5.74, 6) is 0. The van der Waals surface area contributed by atoms with Crippen molar-refractivity contribution in [2.24, 2.45) is 0 Å². The maximum atomic E-state index is 4.62. The van der Waals surface area contributed by atoms with Gasteiger partial charge < -0.3 is 10.2 Å². The molecule has 4 rings (SSSR count). The minimum absolute atomic E-state index is 0.759. The molecule has 0 atom stereocenters. The fraction of sp³-hybridized carbons (Fsp3) is 0.471. The second kappa shape index (κ2) is 5.43. The van der Waals surface area contributed by atoms with Gasteiger partial charge >= 0.3 is 0 Å². The molecule has 1 aromatic heterocycles. The first-order chi connectivity index (χ1) is 10.3. The van der Waals surface area contributed by atoms with Crippen molar-refractivity contribution in [1.82, 2.24) is 10.3 Å². The topological polar surface area (TPSA) is 28.2 Å². The Morgan fingerprint density at radius 2 is 2.29 bits per heavy atom. The van der Waals surface area contributed by atoms with Gasteiger partial charge in [-0.3, -0.25) is 0 Å². The smallest absolute Gasteiger partial charge is 0.123 e. The first kappa shape index (κ1) is 13.3. The summed E-state index contributed by atoms with van der Waals surface area (Å²) in [5, 5.41) is 4.71. The molecule has 1 saturated carbocycles. The van der Waals surface area contributed by atoms with Gasteiger partial charge in [0.15, 0.2) is 0 Å². The highest BCUT2D eigenvalue weighted by Crippen LogP contribution is 2.32. The first-order valence-corrected chi connectivity index (χ1v) is 8.64. The van der Waals surface area contributed by atoms with Crippen molar-refractivity contribution in [3.63, 3.8) is 0 Å². The number of hydrogen-bond donors (Lipinski definition) is 1. The van der Waals surface area contributed by atoms with Crippen LogP contribution in [-0.2, 0) is 13.0 Å². The minimum atomic E-state index is 0.759. The lowest BCUT2D eigenvalue weighted by Gasteiger charge is -2.27. The Balaban J connectivity index is 1.55. The molecule has 0 bridgehead atoms. The molecule has 1 aliphatic carbocycles. The molecule has 0 saturated heterocycles. The van der Waals surface area contributed by atoms with Crippen LogP contribution in [0.25, 0.3) is 10.6 Å². The van der Waals surface area contributed by atoms with Crippen LogP contribution >= 0.6 is 11.3 Å². The third-order valence-corrected chi connectivity index (χ3v) is 5.42. The first-order valence-electron chi connectivity index (χ1n) is 7.82. The number of nitrogens with one attached hydrogen (secondary N) is 1. The van der Waals surface area contributed by atoms with Crippen LogP contribution in [0.3, 0.4) is 0 Å². The van der Waals surface area contributed by atoms with Gasteiger partial charge in [0.2, 0.25) is 0 Å². The number of aryl methyl sites for hydroxylation is 1. The van der Waals surface area contributed by atoms with Crippen LogP contribution in [0.4, 0.5) is 5.69 Å². The van der Waals surface area contributed by atoms with Crippen molar-refractivity contribution in [2.45, 2.75) is 38.3 Å². The highest BCUT2D eigenvalue weighted by molar-refractivity contribution is 7.15. The Hall–Kier alpha value is -1.39. The van der Waals surface area contributed by atoms with E-state index in [1.54, 1.807) is 0 Å². The molecular weight excluding hydrogens is 278 g/mol. The Bertz CT molecular complexity index is 645. The summed E-state index contributed by atoms with van der Waals surface area (Å²) in [6.07, 6.45) is 7.14. The predicted molar refractivity (Wildman–Crippen MR) is 89.0 cm³/mol. The lowest BCUT2D eigenvalue weighted by Crippen LogP contribution is -2.24. The van der Waals surface area contributed by atoms with Gasteiger partial charge in [-0.2, -0.15) is 0 Å². The molecule has 0 radical (unpaired) electrons. The molecule has 0 amide bonds. The molecule has 1 aromatic carbocycles. The molecule has 21 heavy (non-hydrogen) atoms. The van der Waals surface area contributed by atoms with Crippen LogP contribution < -0.4 is 10.2 Å². The maximum Gasteiger partial charge on any atom is 0.123 e. The molecule has 3 nitrogen and oxygen atoms in total. The van der Waals surface area contributed by atoms with E-state index in [2.05, 4.69) is 40.4 Å². The van der Waals surface area contributed by atoms with Crippen LogP contribution in [0, 0.1) is 0 Å². The number of thiazole rings is 1. The monoisotopic (exact) mass is 299 g/mol. The summed E-state index contributed by atoms with van der Waals surface area (Å²) in [6, 6.07) is 7.57. The van der Waals surface area contributed by atoms with E-state index in [4.69, 9.17) is 0 Å². The summed E-state index contributed by atoms with van der Waals surface area (Å²) in [6.45, 7) is 2.14. The summed E-state index contributed by atoms with van der Waals surface area (Å²) in [5.41, 5.74) is 4.12. The van der Waals surface area contributed by atoms with Crippen LogP contribution in [0.1, 0.15) is 29.7 Å². The van der Waals surface area contributed by atoms with E-state index < -0.39 is 0 Å². The van der Waals surface area contributed by atoms with E-state index in [1.807, 2.05) is 17.5 Å². The molecule has 110 valence electrons. The SMILES string of the molecule is CN1CCCc2cc(-c3ncc(CNC4CC4)s3)ccc21. The molecule has 1 N–H and O–H groups in total. The second-order valence-electron chi connectivity index (χ2n) is 6.16. The average molecular weight is 299 g/mol. The number of rotatable bonds is 4. The molecule has 0 spiro atoms. The summed E-state index contributed by atoms with van der Waals surface area (Å²) < 4.78 is 0. The van der Waals surface area contributed by atoms with Crippen LogP contribution in [0.15, 0.2) is 24.4 Å². The standard InChI is InChI=1S/C17H21N3S/c1-20-8-2-3-12-9-13(4-7-16(12)20)17-19-11-15(21-17)10-18-14-5-6-14/h4,7,9,11,14,18H,2-3,5-6,8,10H2,1H3. The molecule has 0 unspecified atom stereocenters. The van der Waals surface area contributed by atoms with E-state index in [1.165, 1.54) is 53.9 Å². The van der Waals surface area contributed by atoms with Gasteiger partial charge in [-0.15, -0.1) is 11.3 Å². The Kier molecular flexibility index (Phi) is 3.43. The van der Waals surface area contributed by atoms with Crippen molar-refractivity contribution in [2.75, 3.05) is 18.5 Å². The predicted octanol–water partition coefficient (Wildman–Crippen LogP) is 3.44. The molecule has 2 heterocycles. The quantitative estimate of drug-likeness (QED) is 0.937. The van der Waals surface area contributed by atoms with Gasteiger partial charge in [0.05, 0.1) is 0 Å². The zero-order chi connectivity index (χ0) is 14.2. The van der Waals surface area contributed by atoms with Gasteiger partial charge in [0.1, 0.15) is 5.01 Å².